The molecule has 12 heavy (non-hydrogen) atoms. The zero-order valence-corrected chi connectivity index (χ0v) is 7.25. The molecule has 3 unspecified atom stereocenters. The maximum atomic E-state index is 11.0. The minimum Gasteiger partial charge on any atom is -0.465 e. The summed E-state index contributed by atoms with van der Waals surface area (Å²) in [6.45, 7) is 2.49. The molecule has 0 spiro atoms. The summed E-state index contributed by atoms with van der Waals surface area (Å²) in [4.78, 5) is 11.0. The number of rotatable bonds is 0. The van der Waals surface area contributed by atoms with Gasteiger partial charge in [0.25, 0.3) is 0 Å². The summed E-state index contributed by atoms with van der Waals surface area (Å²) in [6, 6.07) is 0. The van der Waals surface area contributed by atoms with Gasteiger partial charge in [-0.3, -0.25) is 4.79 Å². The van der Waals surface area contributed by atoms with Gasteiger partial charge >= 0.3 is 5.97 Å². The largest absolute Gasteiger partial charge is 0.465 e. The van der Waals surface area contributed by atoms with Gasteiger partial charge in [0.05, 0.1) is 19.1 Å². The van der Waals surface area contributed by atoms with Gasteiger partial charge in [-0.05, 0) is 18.3 Å². The molecule has 1 aliphatic heterocycles. The average Bonchev–Trinajstić information content (AvgIpc) is 2.27. The maximum absolute atomic E-state index is 11.0. The van der Waals surface area contributed by atoms with Gasteiger partial charge in [-0.2, -0.15) is 0 Å². The number of carbonyl (C=O) groups is 1. The van der Waals surface area contributed by atoms with Crippen molar-refractivity contribution < 1.29 is 14.6 Å². The first-order valence-electron chi connectivity index (χ1n) is 4.45. The van der Waals surface area contributed by atoms with Crippen molar-refractivity contribution in [3.8, 4) is 0 Å². The van der Waals surface area contributed by atoms with Gasteiger partial charge in [0.2, 0.25) is 0 Å². The van der Waals surface area contributed by atoms with Crippen molar-refractivity contribution in [2.24, 2.45) is 11.3 Å². The zero-order chi connectivity index (χ0) is 8.77. The molecule has 0 aromatic heterocycles. The standard InChI is InChI=1S/C9H14O3/c1-9-3-2-7(10)6(9)5-12-8(11)4-9/h6-7,10H,2-5H2,1H3. The molecule has 2 rings (SSSR count). The van der Waals surface area contributed by atoms with E-state index in [0.717, 1.165) is 12.8 Å². The molecule has 0 aromatic rings. The zero-order valence-electron chi connectivity index (χ0n) is 7.25. The van der Waals surface area contributed by atoms with Crippen molar-refractivity contribution in [2.45, 2.75) is 32.3 Å². The Hall–Kier alpha value is -0.570. The van der Waals surface area contributed by atoms with Gasteiger partial charge in [0.1, 0.15) is 0 Å². The van der Waals surface area contributed by atoms with Crippen LogP contribution in [0.3, 0.4) is 0 Å². The van der Waals surface area contributed by atoms with Crippen LogP contribution in [0.4, 0.5) is 0 Å². The van der Waals surface area contributed by atoms with Gasteiger partial charge in [0.15, 0.2) is 0 Å². The number of fused-ring (bicyclic) bond motifs is 1. The van der Waals surface area contributed by atoms with Crippen LogP contribution in [0, 0.1) is 11.3 Å². The van der Waals surface area contributed by atoms with Crippen LogP contribution < -0.4 is 0 Å². The van der Waals surface area contributed by atoms with E-state index < -0.39 is 0 Å². The fraction of sp³-hybridized carbons (Fsp3) is 0.889. The van der Waals surface area contributed by atoms with Crippen LogP contribution in [0.5, 0.6) is 0 Å². The van der Waals surface area contributed by atoms with Crippen molar-refractivity contribution in [3.63, 3.8) is 0 Å². The molecule has 2 fully saturated rings. The number of aliphatic hydroxyl groups excluding tert-OH is 1. The molecular weight excluding hydrogens is 156 g/mol. The molecule has 3 heteroatoms. The highest BCUT2D eigenvalue weighted by Gasteiger charge is 2.49. The number of ether oxygens (including phenoxy) is 1. The first-order chi connectivity index (χ1) is 5.62. The molecule has 1 aliphatic carbocycles. The molecule has 1 heterocycles. The van der Waals surface area contributed by atoms with Gasteiger partial charge in [-0.15, -0.1) is 0 Å². The predicted molar refractivity (Wildman–Crippen MR) is 42.4 cm³/mol. The molecular formula is C9H14O3. The Bertz CT molecular complexity index is 214. The lowest BCUT2D eigenvalue weighted by molar-refractivity contribution is -0.159. The lowest BCUT2D eigenvalue weighted by Crippen LogP contribution is -2.39. The Morgan fingerprint density at radius 3 is 3.17 bits per heavy atom. The van der Waals surface area contributed by atoms with Crippen LogP contribution in [0.2, 0.25) is 0 Å². The van der Waals surface area contributed by atoms with E-state index >= 15 is 0 Å². The second-order valence-electron chi connectivity index (χ2n) is 4.23. The van der Waals surface area contributed by atoms with Crippen LogP contribution in [-0.4, -0.2) is 23.8 Å². The molecule has 68 valence electrons. The highest BCUT2D eigenvalue weighted by Crippen LogP contribution is 2.48. The van der Waals surface area contributed by atoms with Gasteiger partial charge in [-0.25, -0.2) is 0 Å². The molecule has 1 saturated heterocycles. The number of esters is 1. The van der Waals surface area contributed by atoms with Crippen LogP contribution >= 0.6 is 0 Å². The first-order valence-corrected chi connectivity index (χ1v) is 4.45. The van der Waals surface area contributed by atoms with Crippen LogP contribution in [0.25, 0.3) is 0 Å². The summed E-state index contributed by atoms with van der Waals surface area (Å²) in [5.41, 5.74) is 0.00868. The van der Waals surface area contributed by atoms with E-state index in [2.05, 4.69) is 6.92 Å². The van der Waals surface area contributed by atoms with Gasteiger partial charge in [-0.1, -0.05) is 6.92 Å². The molecule has 3 atom stereocenters. The normalized spacial score (nSPS) is 47.0. The Kier molecular flexibility index (Phi) is 1.65. The van der Waals surface area contributed by atoms with E-state index in [1.54, 1.807) is 0 Å². The first kappa shape index (κ1) is 8.05. The SMILES string of the molecule is CC12CCC(O)C1COC(=O)C2. The molecule has 0 aromatic carbocycles. The van der Waals surface area contributed by atoms with Crippen molar-refractivity contribution in [2.75, 3.05) is 6.61 Å². The van der Waals surface area contributed by atoms with E-state index in [9.17, 15) is 9.90 Å². The quantitative estimate of drug-likeness (QED) is 0.545. The monoisotopic (exact) mass is 170 g/mol. The van der Waals surface area contributed by atoms with Crippen molar-refractivity contribution >= 4 is 5.97 Å². The summed E-state index contributed by atoms with van der Waals surface area (Å²) in [5, 5.41) is 9.58. The minimum atomic E-state index is -0.261. The smallest absolute Gasteiger partial charge is 0.306 e. The highest BCUT2D eigenvalue weighted by molar-refractivity contribution is 5.71. The molecule has 2 aliphatic rings. The van der Waals surface area contributed by atoms with Crippen molar-refractivity contribution in [1.29, 1.82) is 0 Å². The second kappa shape index (κ2) is 2.46. The summed E-state index contributed by atoms with van der Waals surface area (Å²) < 4.78 is 4.93. The third-order valence-corrected chi connectivity index (χ3v) is 3.34. The van der Waals surface area contributed by atoms with Crippen molar-refractivity contribution in [1.82, 2.24) is 0 Å². The van der Waals surface area contributed by atoms with E-state index in [1.165, 1.54) is 0 Å². The van der Waals surface area contributed by atoms with E-state index in [1.807, 2.05) is 0 Å². The van der Waals surface area contributed by atoms with Gasteiger partial charge < -0.3 is 9.84 Å². The Labute approximate surface area is 71.7 Å². The molecule has 0 amide bonds. The lowest BCUT2D eigenvalue weighted by Gasteiger charge is -2.35. The minimum absolute atomic E-state index is 0.00868. The Morgan fingerprint density at radius 1 is 1.67 bits per heavy atom. The molecule has 1 saturated carbocycles. The summed E-state index contributed by atoms with van der Waals surface area (Å²) in [6.07, 6.45) is 1.99. The number of hydrogen-bond donors (Lipinski definition) is 1. The number of cyclic esters (lactones) is 1. The number of carbonyl (C=O) groups excluding carboxylic acids is 1. The number of hydrogen-bond acceptors (Lipinski definition) is 3. The predicted octanol–water partition coefficient (Wildman–Crippen LogP) is 0.711. The number of aliphatic hydroxyl groups is 1. The third-order valence-electron chi connectivity index (χ3n) is 3.34. The van der Waals surface area contributed by atoms with Crippen LogP contribution in [0.15, 0.2) is 0 Å². The van der Waals surface area contributed by atoms with Crippen LogP contribution in [-0.2, 0) is 9.53 Å². The van der Waals surface area contributed by atoms with Crippen molar-refractivity contribution in [3.05, 3.63) is 0 Å². The fourth-order valence-corrected chi connectivity index (χ4v) is 2.42. The van der Waals surface area contributed by atoms with Gasteiger partial charge in [0, 0.05) is 5.92 Å². The maximum Gasteiger partial charge on any atom is 0.306 e. The summed E-state index contributed by atoms with van der Waals surface area (Å²) in [7, 11) is 0. The molecule has 0 radical (unpaired) electrons. The van der Waals surface area contributed by atoms with E-state index in [0.29, 0.717) is 13.0 Å². The molecule has 3 nitrogen and oxygen atoms in total. The average molecular weight is 170 g/mol. The summed E-state index contributed by atoms with van der Waals surface area (Å²) in [5.74, 6) is 0.0676. The topological polar surface area (TPSA) is 46.5 Å². The molecule has 0 bridgehead atoms. The lowest BCUT2D eigenvalue weighted by atomic mass is 9.75. The van der Waals surface area contributed by atoms with Crippen LogP contribution in [0.1, 0.15) is 26.2 Å². The Morgan fingerprint density at radius 2 is 2.42 bits per heavy atom. The highest BCUT2D eigenvalue weighted by atomic mass is 16.5. The molecule has 1 N–H and O–H groups in total. The summed E-state index contributed by atoms with van der Waals surface area (Å²) >= 11 is 0. The fourth-order valence-electron chi connectivity index (χ4n) is 2.42. The Balaban J connectivity index is 2.19. The third kappa shape index (κ3) is 1.04. The van der Waals surface area contributed by atoms with E-state index in [-0.39, 0.29) is 23.4 Å². The van der Waals surface area contributed by atoms with E-state index in [4.69, 9.17) is 4.74 Å². The second-order valence-corrected chi connectivity index (χ2v) is 4.23.